The number of rotatable bonds is 6. The third-order valence-corrected chi connectivity index (χ3v) is 7.55. The molecule has 0 amide bonds. The molecule has 0 spiro atoms. The average molecular weight is 439 g/mol. The summed E-state index contributed by atoms with van der Waals surface area (Å²) < 4.78 is 6.32. The minimum atomic E-state index is -0.687. The molecule has 0 radical (unpaired) electrons. The van der Waals surface area contributed by atoms with E-state index in [9.17, 15) is 9.90 Å². The van der Waals surface area contributed by atoms with Crippen LogP contribution in [0.15, 0.2) is 30.3 Å². The normalized spacial score (nSPS) is 26.7. The first-order valence-corrected chi connectivity index (χ1v) is 12.3. The zero-order chi connectivity index (χ0) is 22.7. The van der Waals surface area contributed by atoms with Crippen molar-refractivity contribution in [1.29, 1.82) is 0 Å². The van der Waals surface area contributed by atoms with Crippen molar-refractivity contribution in [2.45, 2.75) is 90.8 Å². The van der Waals surface area contributed by atoms with E-state index in [4.69, 9.17) is 9.72 Å². The molecule has 1 heterocycles. The molecule has 5 nitrogen and oxygen atoms in total. The number of fused-ring (bicyclic) bond motifs is 1. The molecule has 2 fully saturated rings. The fourth-order valence-electron chi connectivity index (χ4n) is 5.46. The highest BCUT2D eigenvalue weighted by Gasteiger charge is 2.31. The van der Waals surface area contributed by atoms with Gasteiger partial charge in [0, 0.05) is 18.0 Å². The van der Waals surface area contributed by atoms with Gasteiger partial charge in [-0.05, 0) is 74.1 Å². The van der Waals surface area contributed by atoms with Gasteiger partial charge in [-0.3, -0.25) is 9.78 Å². The molecule has 174 valence electrons. The summed E-state index contributed by atoms with van der Waals surface area (Å²) in [6.45, 7) is 7.63. The lowest BCUT2D eigenvalue weighted by Crippen LogP contribution is -2.42. The highest BCUT2D eigenvalue weighted by atomic mass is 16.5. The number of carbonyl (C=O) groups is 1. The van der Waals surface area contributed by atoms with E-state index < -0.39 is 5.97 Å². The number of carboxylic acids is 1. The van der Waals surface area contributed by atoms with Crippen LogP contribution >= 0.6 is 0 Å². The van der Waals surface area contributed by atoms with Crippen molar-refractivity contribution >= 4 is 16.9 Å². The van der Waals surface area contributed by atoms with Gasteiger partial charge in [-0.25, -0.2) is 0 Å². The molecule has 1 aromatic heterocycles. The Hall–Kier alpha value is -2.14. The Balaban J connectivity index is 1.35. The molecule has 0 bridgehead atoms. The Morgan fingerprint density at radius 3 is 2.53 bits per heavy atom. The quantitative estimate of drug-likeness (QED) is 0.583. The molecule has 5 heteroatoms. The summed E-state index contributed by atoms with van der Waals surface area (Å²) in [7, 11) is 0. The van der Waals surface area contributed by atoms with Crippen LogP contribution in [0.5, 0.6) is 5.75 Å². The number of ether oxygens (including phenoxy) is 1. The highest BCUT2D eigenvalue weighted by molar-refractivity contribution is 5.80. The van der Waals surface area contributed by atoms with Crippen molar-refractivity contribution in [2.24, 2.45) is 17.3 Å². The van der Waals surface area contributed by atoms with Crippen LogP contribution in [-0.2, 0) is 11.3 Å². The maximum atomic E-state index is 11.5. The molecular weight excluding hydrogens is 400 g/mol. The van der Waals surface area contributed by atoms with Gasteiger partial charge in [0.05, 0.1) is 23.2 Å². The van der Waals surface area contributed by atoms with Gasteiger partial charge in [0.25, 0.3) is 0 Å². The van der Waals surface area contributed by atoms with E-state index >= 15 is 0 Å². The standard InChI is InChI=1S/C27H38N2O3/c1-27(2,3)19-9-12-21(13-10-19)32-22-14-15-24-18(16-22)8-11-20(29-24)17-28-25-7-5-4-6-23(25)26(30)31/h8,11,14-16,19,21,23,25,28H,4-7,9-10,12-13,17H2,1-3H3,(H,30,31)/t19-,21-,23-,25-/m0/s1. The van der Waals surface area contributed by atoms with Gasteiger partial charge in [0.15, 0.2) is 0 Å². The van der Waals surface area contributed by atoms with Crippen LogP contribution in [0.3, 0.4) is 0 Å². The van der Waals surface area contributed by atoms with Gasteiger partial charge in [-0.2, -0.15) is 0 Å². The zero-order valence-corrected chi connectivity index (χ0v) is 19.8. The summed E-state index contributed by atoms with van der Waals surface area (Å²) in [6, 6.07) is 10.3. The summed E-state index contributed by atoms with van der Waals surface area (Å²) in [5.74, 6) is 0.737. The summed E-state index contributed by atoms with van der Waals surface area (Å²) in [4.78, 5) is 16.3. The van der Waals surface area contributed by atoms with Crippen LogP contribution in [0.25, 0.3) is 10.9 Å². The van der Waals surface area contributed by atoms with Crippen LogP contribution in [0.2, 0.25) is 0 Å². The maximum Gasteiger partial charge on any atom is 0.308 e. The number of nitrogens with zero attached hydrogens (tertiary/aromatic N) is 1. The fraction of sp³-hybridized carbons (Fsp3) is 0.630. The summed E-state index contributed by atoms with van der Waals surface area (Å²) >= 11 is 0. The average Bonchev–Trinajstić information content (AvgIpc) is 2.77. The van der Waals surface area contributed by atoms with Gasteiger partial charge in [-0.1, -0.05) is 39.7 Å². The Labute approximate surface area is 192 Å². The number of hydrogen-bond acceptors (Lipinski definition) is 4. The Kier molecular flexibility index (Phi) is 7.04. The number of benzene rings is 1. The molecule has 2 aromatic rings. The van der Waals surface area contributed by atoms with Crippen molar-refractivity contribution < 1.29 is 14.6 Å². The van der Waals surface area contributed by atoms with Crippen molar-refractivity contribution in [3.63, 3.8) is 0 Å². The third kappa shape index (κ3) is 5.61. The Morgan fingerprint density at radius 1 is 1.06 bits per heavy atom. The first kappa shape index (κ1) is 23.0. The van der Waals surface area contributed by atoms with Gasteiger partial charge < -0.3 is 15.2 Å². The topological polar surface area (TPSA) is 71.5 Å². The van der Waals surface area contributed by atoms with Gasteiger partial charge in [-0.15, -0.1) is 0 Å². The lowest BCUT2D eigenvalue weighted by atomic mass is 9.72. The van der Waals surface area contributed by atoms with Crippen molar-refractivity contribution in [3.05, 3.63) is 36.0 Å². The molecule has 0 saturated heterocycles. The minimum absolute atomic E-state index is 0.0305. The SMILES string of the molecule is CC(C)(C)[C@H]1CC[C@H](Oc2ccc3nc(CN[C@H]4CCCC[C@@H]4C(=O)O)ccc3c2)CC1. The van der Waals surface area contributed by atoms with Crippen LogP contribution in [0.1, 0.15) is 77.8 Å². The van der Waals surface area contributed by atoms with Crippen molar-refractivity contribution in [2.75, 3.05) is 0 Å². The molecule has 2 N–H and O–H groups in total. The maximum absolute atomic E-state index is 11.5. The van der Waals surface area contributed by atoms with Crippen molar-refractivity contribution in [3.8, 4) is 5.75 Å². The van der Waals surface area contributed by atoms with E-state index in [-0.39, 0.29) is 12.0 Å². The number of hydrogen-bond donors (Lipinski definition) is 2. The van der Waals surface area contributed by atoms with Gasteiger partial charge in [0.2, 0.25) is 0 Å². The molecule has 2 saturated carbocycles. The van der Waals surface area contributed by atoms with E-state index in [0.29, 0.717) is 18.1 Å². The highest BCUT2D eigenvalue weighted by Crippen LogP contribution is 2.39. The Morgan fingerprint density at radius 2 is 1.81 bits per heavy atom. The van der Waals surface area contributed by atoms with E-state index in [0.717, 1.165) is 66.8 Å². The summed E-state index contributed by atoms with van der Waals surface area (Å²) in [6.07, 6.45) is 8.82. The number of aliphatic carboxylic acids is 1. The van der Waals surface area contributed by atoms with Gasteiger partial charge >= 0.3 is 5.97 Å². The lowest BCUT2D eigenvalue weighted by molar-refractivity contribution is -0.143. The second-order valence-electron chi connectivity index (χ2n) is 10.8. The van der Waals surface area contributed by atoms with Crippen LogP contribution in [0, 0.1) is 17.3 Å². The molecule has 2 atom stereocenters. The lowest BCUT2D eigenvalue weighted by Gasteiger charge is -2.36. The van der Waals surface area contributed by atoms with Crippen molar-refractivity contribution in [1.82, 2.24) is 10.3 Å². The first-order chi connectivity index (χ1) is 15.3. The molecule has 32 heavy (non-hydrogen) atoms. The van der Waals surface area contributed by atoms with Crippen LogP contribution < -0.4 is 10.1 Å². The molecule has 4 rings (SSSR count). The smallest absolute Gasteiger partial charge is 0.308 e. The van der Waals surface area contributed by atoms with E-state index in [2.05, 4.69) is 38.2 Å². The molecule has 0 unspecified atom stereocenters. The fourth-order valence-corrected chi connectivity index (χ4v) is 5.46. The van der Waals surface area contributed by atoms with E-state index in [1.807, 2.05) is 18.2 Å². The number of aromatic nitrogens is 1. The molecule has 2 aliphatic carbocycles. The largest absolute Gasteiger partial charge is 0.490 e. The van der Waals surface area contributed by atoms with Crippen LogP contribution in [0.4, 0.5) is 0 Å². The van der Waals surface area contributed by atoms with E-state index in [1.54, 1.807) is 0 Å². The zero-order valence-electron chi connectivity index (χ0n) is 19.8. The summed E-state index contributed by atoms with van der Waals surface area (Å²) in [5.41, 5.74) is 2.28. The minimum Gasteiger partial charge on any atom is -0.490 e. The molecule has 2 aliphatic rings. The first-order valence-electron chi connectivity index (χ1n) is 12.3. The molecule has 0 aliphatic heterocycles. The van der Waals surface area contributed by atoms with E-state index in [1.165, 1.54) is 12.8 Å². The predicted octanol–water partition coefficient (Wildman–Crippen LogP) is 5.95. The van der Waals surface area contributed by atoms with Crippen LogP contribution in [-0.4, -0.2) is 28.2 Å². The van der Waals surface area contributed by atoms with Gasteiger partial charge in [0.1, 0.15) is 5.75 Å². The number of carboxylic acid groups (broad SMARTS) is 1. The molecular formula is C27H38N2O3. The monoisotopic (exact) mass is 438 g/mol. The second-order valence-corrected chi connectivity index (χ2v) is 10.8. The predicted molar refractivity (Wildman–Crippen MR) is 128 cm³/mol. The molecule has 1 aromatic carbocycles. The number of pyridine rings is 1. The second kappa shape index (κ2) is 9.78. The number of nitrogens with one attached hydrogen (secondary N) is 1. The third-order valence-electron chi connectivity index (χ3n) is 7.55. The summed E-state index contributed by atoms with van der Waals surface area (Å²) in [5, 5.41) is 14.0. The Bertz CT molecular complexity index is 928.